The molecule has 0 spiro atoms. The summed E-state index contributed by atoms with van der Waals surface area (Å²) in [6, 6.07) is 7.56. The lowest BCUT2D eigenvalue weighted by Gasteiger charge is -2.39. The molecule has 6 nitrogen and oxygen atoms in total. The number of nitrogens with zero attached hydrogens (tertiary/aromatic N) is 2. The van der Waals surface area contributed by atoms with Crippen molar-refractivity contribution in [3.8, 4) is 0 Å². The van der Waals surface area contributed by atoms with Gasteiger partial charge in [0, 0.05) is 37.8 Å². The molecule has 1 saturated heterocycles. The fourth-order valence-electron chi connectivity index (χ4n) is 6.73. The summed E-state index contributed by atoms with van der Waals surface area (Å²) >= 11 is 0. The van der Waals surface area contributed by atoms with E-state index in [2.05, 4.69) is 5.32 Å². The Hall–Kier alpha value is -2.15. The van der Waals surface area contributed by atoms with E-state index in [0.29, 0.717) is 69.0 Å². The molecule has 1 aliphatic heterocycles. The first-order valence-electron chi connectivity index (χ1n) is 12.0. The molecule has 1 aromatic carbocycles. The molecular weight excluding hydrogens is 409 g/mol. The molecule has 1 N–H and O–H groups in total. The maximum Gasteiger partial charge on any atom is 0.320 e. The Labute approximate surface area is 189 Å². The Balaban J connectivity index is 1.19. The van der Waals surface area contributed by atoms with Gasteiger partial charge in [0.1, 0.15) is 6.17 Å². The first kappa shape index (κ1) is 21.7. The molecule has 0 radical (unpaired) electrons. The van der Waals surface area contributed by atoms with Crippen LogP contribution in [0.15, 0.2) is 24.3 Å². The second-order valence-corrected chi connectivity index (χ2v) is 10.5. The van der Waals surface area contributed by atoms with Gasteiger partial charge in [-0.1, -0.05) is 12.1 Å². The van der Waals surface area contributed by atoms with E-state index in [0.717, 1.165) is 31.2 Å². The van der Waals surface area contributed by atoms with Crippen LogP contribution in [0.2, 0.25) is 0 Å². The van der Waals surface area contributed by atoms with Crippen LogP contribution < -0.4 is 5.32 Å². The number of morpholine rings is 1. The van der Waals surface area contributed by atoms with Gasteiger partial charge in [0.2, 0.25) is 0 Å². The van der Waals surface area contributed by atoms with E-state index in [4.69, 9.17) is 4.74 Å². The predicted octanol–water partition coefficient (Wildman–Crippen LogP) is 3.61. The molecule has 3 saturated carbocycles. The fraction of sp³-hybridized carbons (Fsp3) is 0.680. The Bertz CT molecular complexity index is 852. The highest BCUT2D eigenvalue weighted by atomic mass is 19.1. The molecule has 1 heterocycles. The number of hydrogen-bond acceptors (Lipinski definition) is 3. The van der Waals surface area contributed by atoms with E-state index in [1.165, 1.54) is 0 Å². The number of ether oxygens (including phenoxy) is 1. The van der Waals surface area contributed by atoms with Crippen LogP contribution in [0, 0.1) is 17.8 Å². The standard InChI is InChI=1S/C25H34FN3O3/c1-28(24(31)29-6-8-32-9-7-29)16-17-2-4-19(5-3-17)23(30)27-25-13-18-10-20(14-25)21(15-25)12-22(26)11-18/h2-5,18,20-22H,6-16H2,1H3,(H,27,30). The maximum atomic E-state index is 14.2. The zero-order valence-corrected chi connectivity index (χ0v) is 18.9. The van der Waals surface area contributed by atoms with Crippen LogP contribution in [0.4, 0.5) is 9.18 Å². The SMILES string of the molecule is CN(Cc1ccc(C(=O)NC23CC4CC(F)CC(C2)C(C4)C3)cc1)C(=O)N1CCOCC1. The number of carbonyl (C=O) groups excluding carboxylic acids is 2. The normalized spacial score (nSPS) is 33.6. The molecule has 5 unspecified atom stereocenters. The van der Waals surface area contributed by atoms with Crippen molar-refractivity contribution < 1.29 is 18.7 Å². The van der Waals surface area contributed by atoms with E-state index in [9.17, 15) is 14.0 Å². The molecule has 7 heteroatoms. The smallest absolute Gasteiger partial charge is 0.320 e. The van der Waals surface area contributed by atoms with E-state index < -0.39 is 6.17 Å². The van der Waals surface area contributed by atoms with Crippen LogP contribution in [-0.2, 0) is 11.3 Å². The third kappa shape index (κ3) is 4.36. The molecule has 5 rings (SSSR count). The molecule has 4 fully saturated rings. The summed E-state index contributed by atoms with van der Waals surface area (Å²) in [4.78, 5) is 29.2. The number of nitrogens with one attached hydrogen (secondary N) is 1. The number of amides is 3. The van der Waals surface area contributed by atoms with Gasteiger partial charge in [-0.3, -0.25) is 4.79 Å². The molecule has 1 aromatic rings. The number of halogens is 1. The lowest BCUT2D eigenvalue weighted by Crippen LogP contribution is -2.50. The summed E-state index contributed by atoms with van der Waals surface area (Å²) in [5.41, 5.74) is 1.48. The van der Waals surface area contributed by atoms with Crippen LogP contribution in [0.3, 0.4) is 0 Å². The first-order valence-corrected chi connectivity index (χ1v) is 12.0. The average Bonchev–Trinajstić information content (AvgIpc) is 2.96. The second-order valence-electron chi connectivity index (χ2n) is 10.5. The van der Waals surface area contributed by atoms with Crippen molar-refractivity contribution in [1.82, 2.24) is 15.1 Å². The first-order chi connectivity index (χ1) is 15.4. The zero-order valence-electron chi connectivity index (χ0n) is 18.9. The lowest BCUT2D eigenvalue weighted by molar-refractivity contribution is 0.0448. The minimum atomic E-state index is -0.664. The summed E-state index contributed by atoms with van der Waals surface area (Å²) in [7, 11) is 1.80. The van der Waals surface area contributed by atoms with Gasteiger partial charge in [-0.2, -0.15) is 0 Å². The van der Waals surface area contributed by atoms with E-state index in [1.54, 1.807) is 11.9 Å². The Morgan fingerprint density at radius 3 is 2.50 bits per heavy atom. The molecule has 3 bridgehead atoms. The minimum Gasteiger partial charge on any atom is -0.378 e. The average molecular weight is 444 g/mol. The van der Waals surface area contributed by atoms with Crippen LogP contribution >= 0.6 is 0 Å². The largest absolute Gasteiger partial charge is 0.378 e. The number of benzene rings is 1. The van der Waals surface area contributed by atoms with Crippen molar-refractivity contribution in [2.45, 2.75) is 56.8 Å². The molecule has 0 aromatic heterocycles. The van der Waals surface area contributed by atoms with Gasteiger partial charge in [0.05, 0.1) is 13.2 Å². The van der Waals surface area contributed by atoms with Crippen molar-refractivity contribution in [2.24, 2.45) is 17.8 Å². The number of hydrogen-bond donors (Lipinski definition) is 1. The van der Waals surface area contributed by atoms with Crippen LogP contribution in [0.25, 0.3) is 0 Å². The fourth-order valence-corrected chi connectivity index (χ4v) is 6.73. The van der Waals surface area contributed by atoms with Crippen molar-refractivity contribution in [3.05, 3.63) is 35.4 Å². The van der Waals surface area contributed by atoms with E-state index in [1.807, 2.05) is 29.2 Å². The number of fused-ring (bicyclic) bond motifs is 2. The molecule has 3 amide bonds. The van der Waals surface area contributed by atoms with Crippen LogP contribution in [-0.4, -0.2) is 66.8 Å². The summed E-state index contributed by atoms with van der Waals surface area (Å²) in [5.74, 6) is 1.35. The minimum absolute atomic E-state index is 0.00312. The Morgan fingerprint density at radius 2 is 1.78 bits per heavy atom. The monoisotopic (exact) mass is 443 g/mol. The van der Waals surface area contributed by atoms with Crippen molar-refractivity contribution in [2.75, 3.05) is 33.4 Å². The topological polar surface area (TPSA) is 61.9 Å². The quantitative estimate of drug-likeness (QED) is 0.773. The van der Waals surface area contributed by atoms with Gasteiger partial charge in [-0.05, 0) is 74.0 Å². The highest BCUT2D eigenvalue weighted by molar-refractivity contribution is 5.94. The highest BCUT2D eigenvalue weighted by Crippen LogP contribution is 2.55. The number of carbonyl (C=O) groups is 2. The van der Waals surface area contributed by atoms with Gasteiger partial charge >= 0.3 is 6.03 Å². The third-order valence-corrected chi connectivity index (χ3v) is 8.06. The molecule has 3 aliphatic carbocycles. The van der Waals surface area contributed by atoms with E-state index in [-0.39, 0.29) is 17.5 Å². The molecule has 5 atom stereocenters. The molecular formula is C25H34FN3O3. The summed E-state index contributed by atoms with van der Waals surface area (Å²) in [5, 5.41) is 3.36. The molecule has 4 aliphatic rings. The second kappa shape index (κ2) is 8.65. The van der Waals surface area contributed by atoms with Crippen LogP contribution in [0.5, 0.6) is 0 Å². The third-order valence-electron chi connectivity index (χ3n) is 8.06. The predicted molar refractivity (Wildman–Crippen MR) is 119 cm³/mol. The van der Waals surface area contributed by atoms with Gasteiger partial charge in [0.15, 0.2) is 0 Å². The molecule has 174 valence electrons. The zero-order chi connectivity index (χ0) is 22.3. The van der Waals surface area contributed by atoms with Crippen molar-refractivity contribution >= 4 is 11.9 Å². The van der Waals surface area contributed by atoms with Gasteiger partial charge in [-0.15, -0.1) is 0 Å². The van der Waals surface area contributed by atoms with Gasteiger partial charge in [-0.25, -0.2) is 9.18 Å². The van der Waals surface area contributed by atoms with Crippen molar-refractivity contribution in [1.29, 1.82) is 0 Å². The van der Waals surface area contributed by atoms with Gasteiger partial charge < -0.3 is 19.9 Å². The number of urea groups is 1. The Morgan fingerprint density at radius 1 is 1.09 bits per heavy atom. The maximum absolute atomic E-state index is 14.2. The Kier molecular flexibility index (Phi) is 5.86. The summed E-state index contributed by atoms with van der Waals surface area (Å²) < 4.78 is 19.5. The number of alkyl halides is 1. The van der Waals surface area contributed by atoms with Gasteiger partial charge in [0.25, 0.3) is 5.91 Å². The van der Waals surface area contributed by atoms with Crippen molar-refractivity contribution in [3.63, 3.8) is 0 Å². The highest BCUT2D eigenvalue weighted by Gasteiger charge is 2.53. The lowest BCUT2D eigenvalue weighted by atomic mass is 9.75. The summed E-state index contributed by atoms with van der Waals surface area (Å²) in [6.45, 7) is 2.91. The number of rotatable bonds is 4. The van der Waals surface area contributed by atoms with Crippen LogP contribution in [0.1, 0.15) is 54.4 Å². The summed E-state index contributed by atoms with van der Waals surface area (Å²) in [6.07, 6.45) is 4.64. The van der Waals surface area contributed by atoms with E-state index >= 15 is 0 Å². The molecule has 32 heavy (non-hydrogen) atoms.